The van der Waals surface area contributed by atoms with Crippen molar-refractivity contribution in [1.82, 2.24) is 10.2 Å². The fourth-order valence-corrected chi connectivity index (χ4v) is 1.53. The first-order valence-corrected chi connectivity index (χ1v) is 5.98. The lowest BCUT2D eigenvalue weighted by molar-refractivity contribution is 0.102. The van der Waals surface area contributed by atoms with Crippen molar-refractivity contribution in [3.63, 3.8) is 0 Å². The number of carbonyl (C=O) groups is 1. The van der Waals surface area contributed by atoms with E-state index < -0.39 is 5.91 Å². The van der Waals surface area contributed by atoms with Crippen molar-refractivity contribution in [2.45, 2.75) is 0 Å². The number of halogens is 1. The summed E-state index contributed by atoms with van der Waals surface area (Å²) in [6.07, 6.45) is 0. The van der Waals surface area contributed by atoms with Crippen molar-refractivity contribution in [3.05, 3.63) is 47.2 Å². The van der Waals surface area contributed by atoms with Crippen LogP contribution in [0.15, 0.2) is 36.4 Å². The van der Waals surface area contributed by atoms with Crippen molar-refractivity contribution in [1.29, 1.82) is 5.26 Å². The van der Waals surface area contributed by atoms with Gasteiger partial charge >= 0.3 is 0 Å². The molecule has 0 saturated heterocycles. The van der Waals surface area contributed by atoms with E-state index in [4.69, 9.17) is 21.6 Å². The van der Waals surface area contributed by atoms with Gasteiger partial charge in [-0.05, 0) is 24.3 Å². The Bertz CT molecular complexity index is 652. The van der Waals surface area contributed by atoms with E-state index >= 15 is 0 Å². The largest absolute Gasteiger partial charge is 0.477 e. The van der Waals surface area contributed by atoms with Gasteiger partial charge in [-0.25, -0.2) is 0 Å². The van der Waals surface area contributed by atoms with E-state index in [9.17, 15) is 4.79 Å². The number of amides is 1. The molecule has 0 atom stereocenters. The number of rotatable bonds is 4. The van der Waals surface area contributed by atoms with Gasteiger partial charge in [0.25, 0.3) is 5.91 Å². The highest BCUT2D eigenvalue weighted by atomic mass is 35.5. The third-order valence-corrected chi connectivity index (χ3v) is 2.49. The predicted molar refractivity (Wildman–Crippen MR) is 72.5 cm³/mol. The quantitative estimate of drug-likeness (QED) is 0.932. The molecule has 7 heteroatoms. The number of benzene rings is 1. The second kappa shape index (κ2) is 6.50. The van der Waals surface area contributed by atoms with Crippen LogP contribution in [-0.4, -0.2) is 22.7 Å². The topological polar surface area (TPSA) is 87.9 Å². The first kappa shape index (κ1) is 13.8. The molecule has 1 N–H and O–H groups in total. The van der Waals surface area contributed by atoms with Crippen LogP contribution in [0.3, 0.4) is 0 Å². The first-order valence-electron chi connectivity index (χ1n) is 5.60. The molecular weight excluding hydrogens is 280 g/mol. The second-order valence-electron chi connectivity index (χ2n) is 3.64. The third-order valence-electron chi connectivity index (χ3n) is 2.29. The molecule has 20 heavy (non-hydrogen) atoms. The van der Waals surface area contributed by atoms with E-state index in [0.717, 1.165) is 0 Å². The summed E-state index contributed by atoms with van der Waals surface area (Å²) in [6.45, 7) is -0.104. The second-order valence-corrected chi connectivity index (χ2v) is 4.03. The molecule has 0 saturated carbocycles. The van der Waals surface area contributed by atoms with Crippen molar-refractivity contribution < 1.29 is 9.53 Å². The standard InChI is InChI=1S/C13H9ClN4O2/c14-12-6-5-10(17-18-12)13(19)16-9-3-1-2-4-11(9)20-8-7-15/h1-6H,8H2,(H,16,19). The molecule has 0 spiro atoms. The van der Waals surface area contributed by atoms with Gasteiger partial charge in [-0.3, -0.25) is 4.79 Å². The normalized spacial score (nSPS) is 9.60. The number of hydrogen-bond acceptors (Lipinski definition) is 5. The Hall–Kier alpha value is -2.65. The van der Waals surface area contributed by atoms with Gasteiger partial charge in [-0.1, -0.05) is 23.7 Å². The molecule has 1 heterocycles. The highest BCUT2D eigenvalue weighted by molar-refractivity contribution is 6.29. The molecule has 0 radical (unpaired) electrons. The number of hydrogen-bond donors (Lipinski definition) is 1. The van der Waals surface area contributed by atoms with Crippen LogP contribution in [0.1, 0.15) is 10.5 Å². The summed E-state index contributed by atoms with van der Waals surface area (Å²) >= 11 is 5.60. The summed E-state index contributed by atoms with van der Waals surface area (Å²) < 4.78 is 5.21. The van der Waals surface area contributed by atoms with Gasteiger partial charge in [0.05, 0.1) is 5.69 Å². The van der Waals surface area contributed by atoms with Crippen molar-refractivity contribution in [2.75, 3.05) is 11.9 Å². The number of nitriles is 1. The highest BCUT2D eigenvalue weighted by Crippen LogP contribution is 2.24. The molecule has 0 aliphatic rings. The number of anilines is 1. The lowest BCUT2D eigenvalue weighted by atomic mass is 10.2. The van der Waals surface area contributed by atoms with Crippen LogP contribution in [0.4, 0.5) is 5.69 Å². The average molecular weight is 289 g/mol. The summed E-state index contributed by atoms with van der Waals surface area (Å²) in [7, 11) is 0. The van der Waals surface area contributed by atoms with Gasteiger partial charge in [-0.15, -0.1) is 10.2 Å². The molecule has 0 bridgehead atoms. The van der Waals surface area contributed by atoms with Crippen molar-refractivity contribution >= 4 is 23.2 Å². The molecule has 0 aliphatic carbocycles. The number of nitrogens with zero attached hydrogens (tertiary/aromatic N) is 3. The molecule has 2 rings (SSSR count). The summed E-state index contributed by atoms with van der Waals surface area (Å²) in [6, 6.07) is 11.6. The Labute approximate surface area is 120 Å². The molecular formula is C13H9ClN4O2. The average Bonchev–Trinajstić information content (AvgIpc) is 2.47. The van der Waals surface area contributed by atoms with Crippen molar-refractivity contribution in [3.8, 4) is 11.8 Å². The number of nitrogens with one attached hydrogen (secondary N) is 1. The van der Waals surface area contributed by atoms with Gasteiger partial charge < -0.3 is 10.1 Å². The van der Waals surface area contributed by atoms with E-state index in [1.165, 1.54) is 12.1 Å². The van der Waals surface area contributed by atoms with E-state index in [-0.39, 0.29) is 17.5 Å². The fourth-order valence-electron chi connectivity index (χ4n) is 1.43. The van der Waals surface area contributed by atoms with Crippen LogP contribution in [0.25, 0.3) is 0 Å². The molecule has 0 unspecified atom stereocenters. The Balaban J connectivity index is 2.15. The Morgan fingerprint density at radius 2 is 2.10 bits per heavy atom. The van der Waals surface area contributed by atoms with Gasteiger partial charge in [0, 0.05) is 0 Å². The molecule has 0 fully saturated rings. The van der Waals surface area contributed by atoms with E-state index in [1.54, 1.807) is 24.3 Å². The summed E-state index contributed by atoms with van der Waals surface area (Å²) in [5.74, 6) is -0.0357. The van der Waals surface area contributed by atoms with Gasteiger partial charge in [-0.2, -0.15) is 5.26 Å². The van der Waals surface area contributed by atoms with Crippen LogP contribution in [-0.2, 0) is 0 Å². The number of carbonyl (C=O) groups excluding carboxylic acids is 1. The van der Waals surface area contributed by atoms with Crippen LogP contribution in [0, 0.1) is 11.3 Å². The number of ether oxygens (including phenoxy) is 1. The molecule has 1 aromatic heterocycles. The monoisotopic (exact) mass is 288 g/mol. The summed E-state index contributed by atoms with van der Waals surface area (Å²) in [4.78, 5) is 12.0. The van der Waals surface area contributed by atoms with Gasteiger partial charge in [0.1, 0.15) is 11.8 Å². The van der Waals surface area contributed by atoms with E-state index in [1.807, 2.05) is 6.07 Å². The lowest BCUT2D eigenvalue weighted by Gasteiger charge is -2.09. The van der Waals surface area contributed by atoms with Crippen LogP contribution < -0.4 is 10.1 Å². The zero-order valence-corrected chi connectivity index (χ0v) is 11.0. The minimum absolute atomic E-state index is 0.104. The minimum Gasteiger partial charge on any atom is -0.477 e. The molecule has 6 nitrogen and oxygen atoms in total. The third kappa shape index (κ3) is 3.43. The maximum Gasteiger partial charge on any atom is 0.276 e. The maximum absolute atomic E-state index is 12.0. The maximum atomic E-state index is 12.0. The molecule has 100 valence electrons. The Kier molecular flexibility index (Phi) is 4.47. The van der Waals surface area contributed by atoms with Crippen LogP contribution in [0.2, 0.25) is 5.15 Å². The zero-order chi connectivity index (χ0) is 14.4. The van der Waals surface area contributed by atoms with Gasteiger partial charge in [0.2, 0.25) is 0 Å². The SMILES string of the molecule is N#CCOc1ccccc1NC(=O)c1ccc(Cl)nn1. The van der Waals surface area contributed by atoms with Crippen molar-refractivity contribution in [2.24, 2.45) is 0 Å². The molecule has 0 aliphatic heterocycles. The predicted octanol–water partition coefficient (Wildman–Crippen LogP) is 2.28. The zero-order valence-electron chi connectivity index (χ0n) is 10.2. The van der Waals surface area contributed by atoms with E-state index in [0.29, 0.717) is 11.4 Å². The first-order chi connectivity index (χ1) is 9.70. The Morgan fingerprint density at radius 3 is 2.80 bits per heavy atom. The number of para-hydroxylation sites is 2. The highest BCUT2D eigenvalue weighted by Gasteiger charge is 2.11. The van der Waals surface area contributed by atoms with E-state index in [2.05, 4.69) is 15.5 Å². The molecule has 1 aromatic carbocycles. The Morgan fingerprint density at radius 1 is 1.30 bits per heavy atom. The number of aromatic nitrogens is 2. The summed E-state index contributed by atoms with van der Waals surface area (Å²) in [5, 5.41) is 18.6. The molecule has 1 amide bonds. The smallest absolute Gasteiger partial charge is 0.276 e. The fraction of sp³-hybridized carbons (Fsp3) is 0.0769. The van der Waals surface area contributed by atoms with Crippen LogP contribution in [0.5, 0.6) is 5.75 Å². The summed E-state index contributed by atoms with van der Waals surface area (Å²) in [5.41, 5.74) is 0.578. The lowest BCUT2D eigenvalue weighted by Crippen LogP contribution is -2.15. The van der Waals surface area contributed by atoms with Gasteiger partial charge in [0.15, 0.2) is 17.5 Å². The van der Waals surface area contributed by atoms with Crippen LogP contribution >= 0.6 is 11.6 Å². The minimum atomic E-state index is -0.442. The molecule has 2 aromatic rings.